The summed E-state index contributed by atoms with van der Waals surface area (Å²) in [5.41, 5.74) is 4.51. The molecule has 0 radical (unpaired) electrons. The summed E-state index contributed by atoms with van der Waals surface area (Å²) >= 11 is 18.0. The maximum atomic E-state index is 12.8. The van der Waals surface area contributed by atoms with Gasteiger partial charge in [0.25, 0.3) is 5.91 Å². The number of para-hydroxylation sites is 1. The monoisotopic (exact) mass is 596 g/mol. The van der Waals surface area contributed by atoms with Crippen LogP contribution in [-0.4, -0.2) is 24.7 Å². The van der Waals surface area contributed by atoms with E-state index in [9.17, 15) is 9.59 Å². The number of hydrogen-bond acceptors (Lipinski definition) is 6. The van der Waals surface area contributed by atoms with Crippen LogP contribution in [0.1, 0.15) is 38.8 Å². The van der Waals surface area contributed by atoms with Crippen LogP contribution in [0.25, 0.3) is 0 Å². The molecule has 0 aromatic heterocycles. The molecule has 0 aliphatic rings. The second-order valence-electron chi connectivity index (χ2n) is 8.26. The topological polar surface area (TPSA) is 86.2 Å². The van der Waals surface area contributed by atoms with Gasteiger partial charge in [0.15, 0.2) is 11.5 Å². The van der Waals surface area contributed by atoms with E-state index in [1.54, 1.807) is 67.6 Å². The maximum absolute atomic E-state index is 12.8. The molecule has 40 heavy (non-hydrogen) atoms. The first kappa shape index (κ1) is 29.0. The average Bonchev–Trinajstić information content (AvgIpc) is 2.94. The Morgan fingerprint density at radius 3 is 2.30 bits per heavy atom. The molecule has 0 aliphatic carbocycles. The third-order valence-corrected chi connectivity index (χ3v) is 6.24. The zero-order chi connectivity index (χ0) is 28.5. The molecule has 0 saturated carbocycles. The number of amides is 1. The SMILES string of the molecule is CCOc1cc(/C=N/NC(=O)c2ccccc2OCc2ccc(Cl)cc2)ccc1OC(=O)c1ccc(Cl)cc1Cl. The number of esters is 1. The van der Waals surface area contributed by atoms with Crippen molar-refractivity contribution < 1.29 is 23.8 Å². The minimum atomic E-state index is -0.659. The summed E-state index contributed by atoms with van der Waals surface area (Å²) in [5, 5.41) is 5.27. The molecule has 4 aromatic rings. The molecule has 0 atom stereocenters. The van der Waals surface area contributed by atoms with E-state index < -0.39 is 11.9 Å². The molecular formula is C30H23Cl3N2O5. The normalized spacial score (nSPS) is 10.8. The summed E-state index contributed by atoms with van der Waals surface area (Å²) in [7, 11) is 0. The lowest BCUT2D eigenvalue weighted by Crippen LogP contribution is -2.18. The van der Waals surface area contributed by atoms with Crippen molar-refractivity contribution >= 4 is 52.9 Å². The Balaban J connectivity index is 1.42. The number of benzene rings is 4. The van der Waals surface area contributed by atoms with E-state index in [1.807, 2.05) is 12.1 Å². The predicted octanol–water partition coefficient (Wildman–Crippen LogP) is 7.61. The van der Waals surface area contributed by atoms with Gasteiger partial charge < -0.3 is 14.2 Å². The number of halogens is 3. The highest BCUT2D eigenvalue weighted by Crippen LogP contribution is 2.30. The Morgan fingerprint density at radius 1 is 0.800 bits per heavy atom. The minimum Gasteiger partial charge on any atom is -0.490 e. The second kappa shape index (κ2) is 13.8. The Morgan fingerprint density at radius 2 is 1.55 bits per heavy atom. The van der Waals surface area contributed by atoms with Crippen molar-refractivity contribution in [2.24, 2.45) is 5.10 Å². The Labute approximate surface area is 246 Å². The average molecular weight is 598 g/mol. The Kier molecular flexibility index (Phi) is 10.0. The van der Waals surface area contributed by atoms with Crippen LogP contribution in [0.5, 0.6) is 17.2 Å². The quantitative estimate of drug-likeness (QED) is 0.0880. The standard InChI is InChI=1S/C30H23Cl3N2O5/c1-2-38-28-15-20(9-14-27(28)40-30(37)23-13-12-22(32)16-25(23)33)17-34-35-29(36)24-5-3-4-6-26(24)39-18-19-7-10-21(31)11-8-19/h3-17H,2,18H2,1H3,(H,35,36)/b34-17+. The molecule has 1 N–H and O–H groups in total. The zero-order valence-corrected chi connectivity index (χ0v) is 23.5. The van der Waals surface area contributed by atoms with E-state index in [0.29, 0.717) is 39.3 Å². The van der Waals surface area contributed by atoms with Crippen LogP contribution in [0.4, 0.5) is 0 Å². The molecule has 4 rings (SSSR count). The van der Waals surface area contributed by atoms with E-state index >= 15 is 0 Å². The van der Waals surface area contributed by atoms with Gasteiger partial charge in [-0.1, -0.05) is 59.1 Å². The first-order chi connectivity index (χ1) is 19.3. The van der Waals surface area contributed by atoms with Crippen LogP contribution in [0.2, 0.25) is 15.1 Å². The van der Waals surface area contributed by atoms with Crippen LogP contribution in [0.15, 0.2) is 90.0 Å². The van der Waals surface area contributed by atoms with Crippen LogP contribution in [0.3, 0.4) is 0 Å². The summed E-state index contributed by atoms with van der Waals surface area (Å²) < 4.78 is 17.0. The lowest BCUT2D eigenvalue weighted by molar-refractivity contribution is 0.0728. The van der Waals surface area contributed by atoms with E-state index in [1.165, 1.54) is 18.3 Å². The number of carbonyl (C=O) groups is 2. The highest BCUT2D eigenvalue weighted by molar-refractivity contribution is 6.36. The van der Waals surface area contributed by atoms with Gasteiger partial charge >= 0.3 is 5.97 Å². The molecular weight excluding hydrogens is 575 g/mol. The Bertz CT molecular complexity index is 1540. The van der Waals surface area contributed by atoms with Gasteiger partial charge in [0.05, 0.1) is 29.0 Å². The third kappa shape index (κ3) is 7.76. The lowest BCUT2D eigenvalue weighted by atomic mass is 10.2. The van der Waals surface area contributed by atoms with E-state index in [4.69, 9.17) is 49.0 Å². The van der Waals surface area contributed by atoms with Crippen LogP contribution >= 0.6 is 34.8 Å². The molecule has 0 fully saturated rings. The fraction of sp³-hybridized carbons (Fsp3) is 0.100. The van der Waals surface area contributed by atoms with Crippen molar-refractivity contribution in [3.8, 4) is 17.2 Å². The van der Waals surface area contributed by atoms with Crippen molar-refractivity contribution in [2.45, 2.75) is 13.5 Å². The van der Waals surface area contributed by atoms with Crippen molar-refractivity contribution in [3.05, 3.63) is 122 Å². The number of rotatable bonds is 10. The molecule has 0 heterocycles. The van der Waals surface area contributed by atoms with Crippen molar-refractivity contribution in [1.82, 2.24) is 5.43 Å². The summed E-state index contributed by atoms with van der Waals surface area (Å²) in [6.07, 6.45) is 1.44. The van der Waals surface area contributed by atoms with Gasteiger partial charge in [-0.25, -0.2) is 10.2 Å². The summed E-state index contributed by atoms with van der Waals surface area (Å²) in [6, 6.07) is 23.5. The molecule has 0 bridgehead atoms. The number of ether oxygens (including phenoxy) is 3. The van der Waals surface area contributed by atoms with Gasteiger partial charge in [-0.3, -0.25) is 4.79 Å². The van der Waals surface area contributed by atoms with Gasteiger partial charge in [-0.05, 0) is 78.7 Å². The van der Waals surface area contributed by atoms with Gasteiger partial charge in [0.2, 0.25) is 0 Å². The van der Waals surface area contributed by atoms with Crippen molar-refractivity contribution in [1.29, 1.82) is 0 Å². The van der Waals surface area contributed by atoms with E-state index in [2.05, 4.69) is 10.5 Å². The highest BCUT2D eigenvalue weighted by Gasteiger charge is 2.17. The summed E-state index contributed by atoms with van der Waals surface area (Å²) in [4.78, 5) is 25.5. The Hall–Kier alpha value is -4.04. The van der Waals surface area contributed by atoms with Crippen molar-refractivity contribution in [2.75, 3.05) is 6.61 Å². The minimum absolute atomic E-state index is 0.166. The number of hydrogen-bond donors (Lipinski definition) is 1. The number of carbonyl (C=O) groups excluding carboxylic acids is 2. The van der Waals surface area contributed by atoms with Gasteiger partial charge in [0, 0.05) is 10.0 Å². The zero-order valence-electron chi connectivity index (χ0n) is 21.2. The van der Waals surface area contributed by atoms with Crippen LogP contribution in [-0.2, 0) is 6.61 Å². The van der Waals surface area contributed by atoms with Gasteiger partial charge in [-0.2, -0.15) is 5.10 Å². The molecule has 0 spiro atoms. The van der Waals surface area contributed by atoms with Crippen LogP contribution < -0.4 is 19.6 Å². The van der Waals surface area contributed by atoms with Crippen molar-refractivity contribution in [3.63, 3.8) is 0 Å². The molecule has 4 aromatic carbocycles. The smallest absolute Gasteiger partial charge is 0.345 e. The third-order valence-electron chi connectivity index (χ3n) is 5.44. The van der Waals surface area contributed by atoms with E-state index in [0.717, 1.165) is 5.56 Å². The fourth-order valence-corrected chi connectivity index (χ4v) is 4.13. The number of nitrogens with one attached hydrogen (secondary N) is 1. The highest BCUT2D eigenvalue weighted by atomic mass is 35.5. The maximum Gasteiger partial charge on any atom is 0.345 e. The van der Waals surface area contributed by atoms with Gasteiger partial charge in [0.1, 0.15) is 12.4 Å². The molecule has 10 heteroatoms. The molecule has 0 saturated heterocycles. The summed E-state index contributed by atoms with van der Waals surface area (Å²) in [6.45, 7) is 2.40. The van der Waals surface area contributed by atoms with Crippen LogP contribution in [0, 0.1) is 0 Å². The fourth-order valence-electron chi connectivity index (χ4n) is 3.51. The lowest BCUT2D eigenvalue weighted by Gasteiger charge is -2.12. The molecule has 0 aliphatic heterocycles. The second-order valence-corrected chi connectivity index (χ2v) is 9.54. The largest absolute Gasteiger partial charge is 0.490 e. The molecule has 204 valence electrons. The first-order valence-corrected chi connectivity index (χ1v) is 13.2. The van der Waals surface area contributed by atoms with Gasteiger partial charge in [-0.15, -0.1) is 0 Å². The summed E-state index contributed by atoms with van der Waals surface area (Å²) in [5.74, 6) is -0.176. The predicted molar refractivity (Wildman–Crippen MR) is 156 cm³/mol. The molecule has 7 nitrogen and oxygen atoms in total. The molecule has 1 amide bonds. The number of hydrazone groups is 1. The molecule has 0 unspecified atom stereocenters. The first-order valence-electron chi connectivity index (χ1n) is 12.1. The number of nitrogens with zero attached hydrogens (tertiary/aromatic N) is 1. The van der Waals surface area contributed by atoms with E-state index in [-0.39, 0.29) is 22.9 Å².